The van der Waals surface area contributed by atoms with Crippen molar-refractivity contribution in [1.29, 1.82) is 0 Å². The Bertz CT molecular complexity index is 448. The van der Waals surface area contributed by atoms with Crippen LogP contribution >= 0.6 is 0 Å². The number of rotatable bonds is 2. The molecular weight excluding hydrogens is 254 g/mol. The number of hydrogen-bond acceptors (Lipinski definition) is 3. The van der Waals surface area contributed by atoms with Crippen LogP contribution in [0.1, 0.15) is 12.5 Å². The fourth-order valence-corrected chi connectivity index (χ4v) is 2.00. The first-order valence-corrected chi connectivity index (χ1v) is 6.16. The van der Waals surface area contributed by atoms with Gasteiger partial charge in [0.25, 0.3) is 0 Å². The number of benzene rings is 1. The first-order chi connectivity index (χ1) is 9.09. The second-order valence-corrected chi connectivity index (χ2v) is 4.50. The van der Waals surface area contributed by atoms with E-state index in [0.717, 1.165) is 12.1 Å². The number of piperazine rings is 1. The van der Waals surface area contributed by atoms with Gasteiger partial charge in [-0.1, -0.05) is 6.07 Å². The largest absolute Gasteiger partial charge is 0.444 e. The molecule has 104 valence electrons. The molecule has 2 rings (SSSR count). The van der Waals surface area contributed by atoms with E-state index in [1.807, 2.05) is 6.92 Å². The Morgan fingerprint density at radius 3 is 2.79 bits per heavy atom. The highest BCUT2D eigenvalue weighted by molar-refractivity contribution is 5.68. The number of nitrogens with zero attached hydrogens (tertiary/aromatic N) is 1. The maximum atomic E-state index is 13.4. The fraction of sp³-hybridized carbons (Fsp3) is 0.462. The Morgan fingerprint density at radius 2 is 2.16 bits per heavy atom. The van der Waals surface area contributed by atoms with Crippen molar-refractivity contribution in [3.8, 4) is 0 Å². The van der Waals surface area contributed by atoms with Gasteiger partial charge >= 0.3 is 6.09 Å². The molecule has 0 aliphatic carbocycles. The minimum absolute atomic E-state index is 0.00622. The second-order valence-electron chi connectivity index (χ2n) is 4.50. The predicted octanol–water partition coefficient (Wildman–Crippen LogP) is 1.90. The predicted molar refractivity (Wildman–Crippen MR) is 65.6 cm³/mol. The summed E-state index contributed by atoms with van der Waals surface area (Å²) in [6, 6.07) is 3.56. The number of carbonyl (C=O) groups is 1. The molecule has 1 fully saturated rings. The molecule has 1 aromatic carbocycles. The van der Waals surface area contributed by atoms with Crippen LogP contribution in [0.2, 0.25) is 0 Å². The van der Waals surface area contributed by atoms with E-state index in [1.165, 1.54) is 6.07 Å². The number of halogens is 2. The number of amides is 1. The van der Waals surface area contributed by atoms with E-state index >= 15 is 0 Å². The Morgan fingerprint density at radius 1 is 1.47 bits per heavy atom. The van der Waals surface area contributed by atoms with E-state index in [0.29, 0.717) is 19.6 Å². The van der Waals surface area contributed by atoms with Crippen LogP contribution in [0.5, 0.6) is 0 Å². The SMILES string of the molecule is C[C@@H]1CNCCN1C(=O)OCc1c(F)cccc1F. The summed E-state index contributed by atoms with van der Waals surface area (Å²) in [6.07, 6.45) is -0.545. The molecule has 1 atom stereocenters. The first-order valence-electron chi connectivity index (χ1n) is 6.16. The van der Waals surface area contributed by atoms with Crippen LogP contribution < -0.4 is 5.32 Å². The third-order valence-electron chi connectivity index (χ3n) is 3.14. The third kappa shape index (κ3) is 3.20. The van der Waals surface area contributed by atoms with E-state index in [2.05, 4.69) is 5.32 Å². The molecule has 19 heavy (non-hydrogen) atoms. The Hall–Kier alpha value is -1.69. The van der Waals surface area contributed by atoms with Crippen LogP contribution in [0.3, 0.4) is 0 Å². The summed E-state index contributed by atoms with van der Waals surface area (Å²) < 4.78 is 31.7. The van der Waals surface area contributed by atoms with Crippen molar-refractivity contribution < 1.29 is 18.3 Å². The van der Waals surface area contributed by atoms with Gasteiger partial charge in [0.15, 0.2) is 0 Å². The summed E-state index contributed by atoms with van der Waals surface area (Å²) in [5, 5.41) is 3.14. The van der Waals surface area contributed by atoms with Crippen LogP contribution in [0, 0.1) is 11.6 Å². The molecule has 0 radical (unpaired) electrons. The van der Waals surface area contributed by atoms with Crippen molar-refractivity contribution in [2.45, 2.75) is 19.6 Å². The molecule has 0 saturated carbocycles. The van der Waals surface area contributed by atoms with Crippen LogP contribution in [0.25, 0.3) is 0 Å². The average Bonchev–Trinajstić information content (AvgIpc) is 2.38. The highest BCUT2D eigenvalue weighted by atomic mass is 19.1. The number of nitrogens with one attached hydrogen (secondary N) is 1. The van der Waals surface area contributed by atoms with E-state index in [-0.39, 0.29) is 11.6 Å². The summed E-state index contributed by atoms with van der Waals surface area (Å²) in [4.78, 5) is 13.4. The second kappa shape index (κ2) is 5.97. The zero-order valence-electron chi connectivity index (χ0n) is 10.7. The summed E-state index contributed by atoms with van der Waals surface area (Å²) in [6.45, 7) is 3.39. The topological polar surface area (TPSA) is 41.6 Å². The van der Waals surface area contributed by atoms with E-state index in [9.17, 15) is 13.6 Å². The summed E-state index contributed by atoms with van der Waals surface area (Å²) in [5.41, 5.74) is -0.223. The maximum Gasteiger partial charge on any atom is 0.410 e. The van der Waals surface area contributed by atoms with Crippen LogP contribution in [-0.2, 0) is 11.3 Å². The Kier molecular flexibility index (Phi) is 4.31. The van der Waals surface area contributed by atoms with E-state index in [1.54, 1.807) is 4.90 Å². The van der Waals surface area contributed by atoms with Gasteiger partial charge < -0.3 is 15.0 Å². The summed E-state index contributed by atoms with van der Waals surface area (Å²) >= 11 is 0. The molecule has 1 aromatic rings. The highest BCUT2D eigenvalue weighted by Gasteiger charge is 2.24. The van der Waals surface area contributed by atoms with E-state index < -0.39 is 24.3 Å². The van der Waals surface area contributed by atoms with Crippen molar-refractivity contribution in [3.63, 3.8) is 0 Å². The van der Waals surface area contributed by atoms with Gasteiger partial charge in [-0.15, -0.1) is 0 Å². The minimum Gasteiger partial charge on any atom is -0.444 e. The molecule has 1 saturated heterocycles. The van der Waals surface area contributed by atoms with Gasteiger partial charge in [0.1, 0.15) is 18.2 Å². The van der Waals surface area contributed by atoms with E-state index in [4.69, 9.17) is 4.74 Å². The molecule has 0 unspecified atom stereocenters. The highest BCUT2D eigenvalue weighted by Crippen LogP contribution is 2.14. The monoisotopic (exact) mass is 270 g/mol. The van der Waals surface area contributed by atoms with Gasteiger partial charge in [0.05, 0.1) is 5.56 Å². The van der Waals surface area contributed by atoms with Gasteiger partial charge in [-0.2, -0.15) is 0 Å². The normalized spacial score (nSPS) is 19.3. The van der Waals surface area contributed by atoms with Crippen molar-refractivity contribution in [2.24, 2.45) is 0 Å². The lowest BCUT2D eigenvalue weighted by Gasteiger charge is -2.32. The number of hydrogen-bond donors (Lipinski definition) is 1. The van der Waals surface area contributed by atoms with Gasteiger partial charge in [-0.3, -0.25) is 0 Å². The lowest BCUT2D eigenvalue weighted by Crippen LogP contribution is -2.52. The number of carbonyl (C=O) groups excluding carboxylic acids is 1. The standard InChI is InChI=1S/C13H16F2N2O2/c1-9-7-16-5-6-17(9)13(18)19-8-10-11(14)3-2-4-12(10)15/h2-4,9,16H,5-8H2,1H3/t9-/m1/s1. The molecule has 4 nitrogen and oxygen atoms in total. The molecule has 6 heteroatoms. The van der Waals surface area contributed by atoms with Crippen molar-refractivity contribution in [2.75, 3.05) is 19.6 Å². The zero-order chi connectivity index (χ0) is 13.8. The molecule has 1 N–H and O–H groups in total. The Balaban J connectivity index is 1.96. The van der Waals surface area contributed by atoms with Crippen LogP contribution in [0.15, 0.2) is 18.2 Å². The van der Waals surface area contributed by atoms with Gasteiger partial charge in [-0.05, 0) is 19.1 Å². The smallest absolute Gasteiger partial charge is 0.410 e. The van der Waals surface area contributed by atoms with Gasteiger partial charge in [0.2, 0.25) is 0 Å². The van der Waals surface area contributed by atoms with Gasteiger partial charge in [0, 0.05) is 25.7 Å². The average molecular weight is 270 g/mol. The molecule has 1 heterocycles. The molecule has 0 bridgehead atoms. The van der Waals surface area contributed by atoms with Crippen LogP contribution in [0.4, 0.5) is 13.6 Å². The van der Waals surface area contributed by atoms with Crippen molar-refractivity contribution in [1.82, 2.24) is 10.2 Å². The van der Waals surface area contributed by atoms with Gasteiger partial charge in [-0.25, -0.2) is 13.6 Å². The van der Waals surface area contributed by atoms with Crippen molar-refractivity contribution >= 4 is 6.09 Å². The molecule has 0 spiro atoms. The Labute approximate surface area is 110 Å². The number of ether oxygens (including phenoxy) is 1. The van der Waals surface area contributed by atoms with Crippen LogP contribution in [-0.4, -0.2) is 36.7 Å². The molecule has 1 aliphatic heterocycles. The zero-order valence-corrected chi connectivity index (χ0v) is 10.7. The lowest BCUT2D eigenvalue weighted by molar-refractivity contribution is 0.0744. The lowest BCUT2D eigenvalue weighted by atomic mass is 10.2. The maximum absolute atomic E-state index is 13.4. The summed E-state index contributed by atoms with van der Waals surface area (Å²) in [7, 11) is 0. The third-order valence-corrected chi connectivity index (χ3v) is 3.14. The molecular formula is C13H16F2N2O2. The summed E-state index contributed by atoms with van der Waals surface area (Å²) in [5.74, 6) is -1.41. The quantitative estimate of drug-likeness (QED) is 0.892. The first kappa shape index (κ1) is 13.7. The molecule has 0 aromatic heterocycles. The fourth-order valence-electron chi connectivity index (χ4n) is 2.00. The molecule has 1 aliphatic rings. The molecule has 1 amide bonds. The minimum atomic E-state index is -0.707. The van der Waals surface area contributed by atoms with Crippen molar-refractivity contribution in [3.05, 3.63) is 35.4 Å².